The number of allylic oxidation sites excluding steroid dienone is 1. The van der Waals surface area contributed by atoms with E-state index in [2.05, 4.69) is 31.2 Å². The lowest BCUT2D eigenvalue weighted by molar-refractivity contribution is -0.136. The number of thiazole rings is 1. The van der Waals surface area contributed by atoms with Gasteiger partial charge in [-0.05, 0) is 24.6 Å². The second-order valence-electron chi connectivity index (χ2n) is 5.04. The van der Waals surface area contributed by atoms with Crippen molar-refractivity contribution < 1.29 is 13.9 Å². The first kappa shape index (κ1) is 16.8. The molecule has 1 aliphatic heterocycles. The van der Waals surface area contributed by atoms with Gasteiger partial charge < -0.3 is 10.1 Å². The quantitative estimate of drug-likeness (QED) is 0.786. The van der Waals surface area contributed by atoms with Crippen LogP contribution in [0, 0.1) is 5.82 Å². The number of hydrogen-bond acceptors (Lipinski definition) is 6. The van der Waals surface area contributed by atoms with Crippen LogP contribution in [0.3, 0.4) is 0 Å². The third kappa shape index (κ3) is 3.11. The molecule has 1 aliphatic rings. The number of rotatable bonds is 3. The Balaban J connectivity index is 2.14. The minimum absolute atomic E-state index is 0.371. The van der Waals surface area contributed by atoms with Gasteiger partial charge in [-0.1, -0.05) is 22.0 Å². The standard InChI is InChI=1S/C16H13BrFN3O2S/c1-8-12(16(22)23-2)13(10-4-3-9(18)7-11(10)17)21-14(20-8)15-19-5-6-24-15/h3-7,13H,1-2H3,(H,20,21)/t13-/m0/s1. The van der Waals surface area contributed by atoms with Crippen LogP contribution in [0.25, 0.3) is 0 Å². The number of carbonyl (C=O) groups is 1. The summed E-state index contributed by atoms with van der Waals surface area (Å²) in [5, 5.41) is 5.66. The molecule has 8 heteroatoms. The van der Waals surface area contributed by atoms with Gasteiger partial charge in [0.1, 0.15) is 11.9 Å². The first-order valence-corrected chi connectivity index (χ1v) is 8.67. The molecule has 1 atom stereocenters. The Labute approximate surface area is 150 Å². The highest BCUT2D eigenvalue weighted by Crippen LogP contribution is 2.36. The predicted molar refractivity (Wildman–Crippen MR) is 93.3 cm³/mol. The summed E-state index contributed by atoms with van der Waals surface area (Å²) < 4.78 is 18.8. The zero-order valence-corrected chi connectivity index (χ0v) is 15.2. The molecule has 5 nitrogen and oxygen atoms in total. The zero-order chi connectivity index (χ0) is 17.3. The van der Waals surface area contributed by atoms with Crippen molar-refractivity contribution in [2.75, 3.05) is 7.11 Å². The lowest BCUT2D eigenvalue weighted by Crippen LogP contribution is -2.32. The highest BCUT2D eigenvalue weighted by atomic mass is 79.9. The van der Waals surface area contributed by atoms with Gasteiger partial charge in [0.05, 0.1) is 12.7 Å². The maximum Gasteiger partial charge on any atom is 0.338 e. The van der Waals surface area contributed by atoms with E-state index in [9.17, 15) is 9.18 Å². The van der Waals surface area contributed by atoms with Gasteiger partial charge in [-0.25, -0.2) is 14.2 Å². The van der Waals surface area contributed by atoms with E-state index in [-0.39, 0.29) is 5.82 Å². The maximum absolute atomic E-state index is 13.4. The molecule has 1 aromatic heterocycles. The number of benzene rings is 1. The van der Waals surface area contributed by atoms with E-state index in [0.717, 1.165) is 0 Å². The lowest BCUT2D eigenvalue weighted by atomic mass is 9.96. The number of halogens is 2. The van der Waals surface area contributed by atoms with E-state index in [1.807, 2.05) is 5.38 Å². The Hall–Kier alpha value is -2.06. The van der Waals surface area contributed by atoms with Crippen LogP contribution in [0.15, 0.2) is 50.5 Å². The number of ether oxygens (including phenoxy) is 1. The van der Waals surface area contributed by atoms with Gasteiger partial charge in [0.15, 0.2) is 10.8 Å². The Morgan fingerprint density at radius 1 is 1.46 bits per heavy atom. The molecule has 0 bridgehead atoms. The van der Waals surface area contributed by atoms with Gasteiger partial charge in [0.25, 0.3) is 0 Å². The number of aromatic nitrogens is 1. The molecule has 0 saturated carbocycles. The molecular weight excluding hydrogens is 397 g/mol. The molecule has 0 fully saturated rings. The maximum atomic E-state index is 13.4. The zero-order valence-electron chi connectivity index (χ0n) is 12.8. The molecule has 3 rings (SSSR count). The molecule has 0 unspecified atom stereocenters. The number of aliphatic imine (C=N–C) groups is 1. The van der Waals surface area contributed by atoms with Crippen molar-refractivity contribution in [3.05, 3.63) is 61.9 Å². The summed E-state index contributed by atoms with van der Waals surface area (Å²) in [4.78, 5) is 21.1. The van der Waals surface area contributed by atoms with Crippen LogP contribution >= 0.6 is 27.3 Å². The van der Waals surface area contributed by atoms with E-state index in [0.29, 0.717) is 32.1 Å². The predicted octanol–water partition coefficient (Wildman–Crippen LogP) is 3.58. The smallest absolute Gasteiger partial charge is 0.338 e. The average Bonchev–Trinajstić information content (AvgIpc) is 3.08. The molecule has 0 aliphatic carbocycles. The second kappa shape index (κ2) is 6.82. The third-order valence-electron chi connectivity index (χ3n) is 3.54. The van der Waals surface area contributed by atoms with Gasteiger partial charge in [0, 0.05) is 21.7 Å². The van der Waals surface area contributed by atoms with Crippen molar-refractivity contribution in [2.45, 2.75) is 13.0 Å². The number of esters is 1. The number of nitrogens with one attached hydrogen (secondary N) is 1. The molecule has 2 aromatic rings. The van der Waals surface area contributed by atoms with Crippen LogP contribution in [0.5, 0.6) is 0 Å². The van der Waals surface area contributed by atoms with Crippen LogP contribution in [0.4, 0.5) is 4.39 Å². The van der Waals surface area contributed by atoms with E-state index in [1.54, 1.807) is 19.2 Å². The largest absolute Gasteiger partial charge is 0.466 e. The summed E-state index contributed by atoms with van der Waals surface area (Å²) in [6.07, 6.45) is 1.68. The van der Waals surface area contributed by atoms with E-state index in [4.69, 9.17) is 4.74 Å². The molecule has 1 N–H and O–H groups in total. The summed E-state index contributed by atoms with van der Waals surface area (Å²) in [7, 11) is 1.32. The van der Waals surface area contributed by atoms with Gasteiger partial charge in [-0.3, -0.25) is 4.99 Å². The summed E-state index contributed by atoms with van der Waals surface area (Å²) in [6, 6.07) is 3.67. The van der Waals surface area contributed by atoms with Crippen LogP contribution in [0.1, 0.15) is 23.5 Å². The molecule has 0 amide bonds. The first-order chi connectivity index (χ1) is 11.5. The molecule has 24 heavy (non-hydrogen) atoms. The molecular formula is C16H13BrFN3O2S. The fourth-order valence-electron chi connectivity index (χ4n) is 2.45. The SMILES string of the molecule is COC(=O)C1=C(C)NC(c2nccs2)=N[C@H]1c1ccc(F)cc1Br. The normalized spacial score (nSPS) is 17.3. The third-order valence-corrected chi connectivity index (χ3v) is 5.01. The highest BCUT2D eigenvalue weighted by Gasteiger charge is 2.32. The molecule has 0 saturated heterocycles. The van der Waals surface area contributed by atoms with E-state index >= 15 is 0 Å². The summed E-state index contributed by atoms with van der Waals surface area (Å²) in [5.74, 6) is -0.288. The molecule has 124 valence electrons. The Kier molecular flexibility index (Phi) is 4.77. The van der Waals surface area contributed by atoms with Crippen LogP contribution < -0.4 is 5.32 Å². The van der Waals surface area contributed by atoms with Crippen molar-refractivity contribution >= 4 is 39.1 Å². The fourth-order valence-corrected chi connectivity index (χ4v) is 3.60. The van der Waals surface area contributed by atoms with E-state index in [1.165, 1.54) is 30.6 Å². The van der Waals surface area contributed by atoms with E-state index < -0.39 is 12.0 Å². The number of hydrogen-bond donors (Lipinski definition) is 1. The van der Waals surface area contributed by atoms with Gasteiger partial charge in [0.2, 0.25) is 0 Å². The molecule has 0 spiro atoms. The Morgan fingerprint density at radius 2 is 2.25 bits per heavy atom. The summed E-state index contributed by atoms with van der Waals surface area (Å²) >= 11 is 4.79. The monoisotopic (exact) mass is 409 g/mol. The van der Waals surface area contributed by atoms with Crippen molar-refractivity contribution in [3.63, 3.8) is 0 Å². The minimum atomic E-state index is -0.618. The van der Waals surface area contributed by atoms with Crippen molar-refractivity contribution in [2.24, 2.45) is 4.99 Å². The second-order valence-corrected chi connectivity index (χ2v) is 6.79. The number of methoxy groups -OCH3 is 1. The number of carbonyl (C=O) groups excluding carboxylic acids is 1. The van der Waals surface area contributed by atoms with Crippen molar-refractivity contribution in [3.8, 4) is 0 Å². The van der Waals surface area contributed by atoms with Gasteiger partial charge in [-0.15, -0.1) is 11.3 Å². The number of amidine groups is 1. The van der Waals surface area contributed by atoms with Gasteiger partial charge >= 0.3 is 5.97 Å². The molecule has 1 aromatic carbocycles. The van der Waals surface area contributed by atoms with Crippen LogP contribution in [-0.2, 0) is 9.53 Å². The average molecular weight is 410 g/mol. The summed E-state index contributed by atoms with van der Waals surface area (Å²) in [5.41, 5.74) is 1.68. The number of nitrogens with zero attached hydrogens (tertiary/aromatic N) is 2. The first-order valence-electron chi connectivity index (χ1n) is 7.00. The lowest BCUT2D eigenvalue weighted by Gasteiger charge is -2.25. The minimum Gasteiger partial charge on any atom is -0.466 e. The van der Waals surface area contributed by atoms with Crippen molar-refractivity contribution in [1.29, 1.82) is 0 Å². The fraction of sp³-hybridized carbons (Fsp3) is 0.188. The Bertz CT molecular complexity index is 849. The van der Waals surface area contributed by atoms with Gasteiger partial charge in [-0.2, -0.15) is 0 Å². The van der Waals surface area contributed by atoms with Crippen molar-refractivity contribution in [1.82, 2.24) is 10.3 Å². The molecule has 0 radical (unpaired) electrons. The topological polar surface area (TPSA) is 63.6 Å². The molecule has 2 heterocycles. The highest BCUT2D eigenvalue weighted by molar-refractivity contribution is 9.10. The van der Waals surface area contributed by atoms with Crippen LogP contribution in [0.2, 0.25) is 0 Å². The Morgan fingerprint density at radius 3 is 2.88 bits per heavy atom. The summed E-state index contributed by atoms with van der Waals surface area (Å²) in [6.45, 7) is 1.78. The van der Waals surface area contributed by atoms with Crippen LogP contribution in [-0.4, -0.2) is 23.9 Å².